The van der Waals surface area contributed by atoms with E-state index in [1.54, 1.807) is 0 Å². The van der Waals surface area contributed by atoms with Gasteiger partial charge < -0.3 is 15.0 Å². The molecule has 1 aliphatic rings. The van der Waals surface area contributed by atoms with Gasteiger partial charge in [0.25, 0.3) is 0 Å². The summed E-state index contributed by atoms with van der Waals surface area (Å²) < 4.78 is 10.8. The Morgan fingerprint density at radius 3 is 3.05 bits per heavy atom. The van der Waals surface area contributed by atoms with Crippen LogP contribution in [0, 0.1) is 0 Å². The molecule has 5 heteroatoms. The Kier molecular flexibility index (Phi) is 3.21. The highest BCUT2D eigenvalue weighted by Crippen LogP contribution is 2.38. The summed E-state index contributed by atoms with van der Waals surface area (Å²) >= 11 is 0. The Balaban J connectivity index is 1.62. The van der Waals surface area contributed by atoms with E-state index in [0.717, 1.165) is 30.0 Å². The molecule has 1 atom stereocenters. The predicted octanol–water partition coefficient (Wildman–Crippen LogP) is 2.55. The van der Waals surface area contributed by atoms with Gasteiger partial charge in [-0.05, 0) is 37.5 Å². The van der Waals surface area contributed by atoms with E-state index in [1.165, 1.54) is 0 Å². The zero-order valence-electron chi connectivity index (χ0n) is 10.9. The van der Waals surface area contributed by atoms with Crippen molar-refractivity contribution in [1.29, 1.82) is 0 Å². The maximum absolute atomic E-state index is 5.84. The molecular weight excluding hydrogens is 242 g/mol. The summed E-state index contributed by atoms with van der Waals surface area (Å²) in [4.78, 5) is 4.32. The minimum atomic E-state index is -0.00445. The number of hydrogen-bond donors (Lipinski definition) is 1. The number of ether oxygens (including phenoxy) is 1. The van der Waals surface area contributed by atoms with E-state index in [0.29, 0.717) is 18.3 Å². The third kappa shape index (κ3) is 2.93. The van der Waals surface area contributed by atoms with Crippen molar-refractivity contribution in [1.82, 2.24) is 10.1 Å². The van der Waals surface area contributed by atoms with Crippen LogP contribution in [0.4, 0.5) is 0 Å². The van der Waals surface area contributed by atoms with E-state index in [1.807, 2.05) is 31.2 Å². The largest absolute Gasteiger partial charge is 0.485 e. The predicted molar refractivity (Wildman–Crippen MR) is 69.6 cm³/mol. The highest BCUT2D eigenvalue weighted by Gasteiger charge is 2.29. The zero-order valence-corrected chi connectivity index (χ0v) is 10.9. The molecule has 0 spiro atoms. The van der Waals surface area contributed by atoms with Gasteiger partial charge in [-0.25, -0.2) is 0 Å². The second-order valence-corrected chi connectivity index (χ2v) is 4.97. The highest BCUT2D eigenvalue weighted by molar-refractivity contribution is 5.30. The quantitative estimate of drug-likeness (QED) is 0.893. The number of nitrogens with two attached hydrogens (primary N) is 1. The van der Waals surface area contributed by atoms with Crippen molar-refractivity contribution in [3.05, 3.63) is 41.5 Å². The van der Waals surface area contributed by atoms with Crippen LogP contribution >= 0.6 is 0 Å². The molecule has 100 valence electrons. The molecule has 1 heterocycles. The average molecular weight is 259 g/mol. The van der Waals surface area contributed by atoms with Gasteiger partial charge >= 0.3 is 0 Å². The standard InChI is InChI=1S/C14H17N3O2/c1-9(15)11-3-2-4-12(7-11)18-8-13-16-14(19-17-13)10-5-6-10/h2-4,7,9-10H,5-6,8,15H2,1H3. The Labute approximate surface area is 111 Å². The van der Waals surface area contributed by atoms with Gasteiger partial charge in [-0.2, -0.15) is 4.98 Å². The van der Waals surface area contributed by atoms with Gasteiger partial charge in [-0.15, -0.1) is 0 Å². The monoisotopic (exact) mass is 259 g/mol. The third-order valence-electron chi connectivity index (χ3n) is 3.16. The van der Waals surface area contributed by atoms with Gasteiger partial charge in [0.05, 0.1) is 0 Å². The van der Waals surface area contributed by atoms with Crippen molar-refractivity contribution >= 4 is 0 Å². The maximum Gasteiger partial charge on any atom is 0.229 e. The first kappa shape index (κ1) is 12.2. The fourth-order valence-electron chi connectivity index (χ4n) is 1.86. The lowest BCUT2D eigenvalue weighted by molar-refractivity contribution is 0.285. The topological polar surface area (TPSA) is 74.2 Å². The first-order chi connectivity index (χ1) is 9.22. The average Bonchev–Trinajstić information content (AvgIpc) is 3.16. The molecular formula is C14H17N3O2. The summed E-state index contributed by atoms with van der Waals surface area (Å²) in [7, 11) is 0. The maximum atomic E-state index is 5.84. The summed E-state index contributed by atoms with van der Waals surface area (Å²) in [5.41, 5.74) is 6.88. The molecule has 1 aliphatic carbocycles. The summed E-state index contributed by atoms with van der Waals surface area (Å²) in [5, 5.41) is 3.91. The molecule has 1 fully saturated rings. The fraction of sp³-hybridized carbons (Fsp3) is 0.429. The van der Waals surface area contributed by atoms with E-state index in [9.17, 15) is 0 Å². The number of aromatic nitrogens is 2. The smallest absolute Gasteiger partial charge is 0.229 e. The van der Waals surface area contributed by atoms with Gasteiger partial charge in [0.2, 0.25) is 11.7 Å². The summed E-state index contributed by atoms with van der Waals surface area (Å²) in [6.45, 7) is 2.26. The van der Waals surface area contributed by atoms with Gasteiger partial charge in [0.15, 0.2) is 6.61 Å². The van der Waals surface area contributed by atoms with Crippen LogP contribution in [0.15, 0.2) is 28.8 Å². The molecule has 0 bridgehead atoms. The van der Waals surface area contributed by atoms with Crippen LogP contribution in [-0.2, 0) is 6.61 Å². The van der Waals surface area contributed by atoms with Gasteiger partial charge in [-0.3, -0.25) is 0 Å². The normalized spacial score (nSPS) is 16.3. The lowest BCUT2D eigenvalue weighted by Crippen LogP contribution is -2.05. The lowest BCUT2D eigenvalue weighted by Gasteiger charge is -2.08. The Hall–Kier alpha value is -1.88. The van der Waals surface area contributed by atoms with Crippen LogP contribution in [0.3, 0.4) is 0 Å². The Morgan fingerprint density at radius 2 is 2.32 bits per heavy atom. The van der Waals surface area contributed by atoms with Gasteiger partial charge in [0, 0.05) is 12.0 Å². The molecule has 1 saturated carbocycles. The van der Waals surface area contributed by atoms with Crippen molar-refractivity contribution in [2.24, 2.45) is 5.73 Å². The molecule has 3 rings (SSSR count). The van der Waals surface area contributed by atoms with E-state index < -0.39 is 0 Å². The third-order valence-corrected chi connectivity index (χ3v) is 3.16. The number of nitrogens with zero attached hydrogens (tertiary/aromatic N) is 2. The van der Waals surface area contributed by atoms with Crippen LogP contribution in [0.2, 0.25) is 0 Å². The van der Waals surface area contributed by atoms with E-state index in [-0.39, 0.29) is 6.04 Å². The van der Waals surface area contributed by atoms with E-state index >= 15 is 0 Å². The summed E-state index contributed by atoms with van der Waals surface area (Å²) in [6.07, 6.45) is 2.30. The van der Waals surface area contributed by atoms with Crippen molar-refractivity contribution in [2.75, 3.05) is 0 Å². The molecule has 0 radical (unpaired) electrons. The first-order valence-corrected chi connectivity index (χ1v) is 6.53. The van der Waals surface area contributed by atoms with Crippen LogP contribution in [-0.4, -0.2) is 10.1 Å². The Bertz CT molecular complexity index is 561. The molecule has 1 aromatic carbocycles. The van der Waals surface area contributed by atoms with Gasteiger partial charge in [-0.1, -0.05) is 17.3 Å². The molecule has 1 aromatic heterocycles. The van der Waals surface area contributed by atoms with Gasteiger partial charge in [0.1, 0.15) is 5.75 Å². The Morgan fingerprint density at radius 1 is 1.47 bits per heavy atom. The number of rotatable bonds is 5. The van der Waals surface area contributed by atoms with Crippen LogP contribution in [0.5, 0.6) is 5.75 Å². The molecule has 0 aliphatic heterocycles. The zero-order chi connectivity index (χ0) is 13.2. The summed E-state index contributed by atoms with van der Waals surface area (Å²) in [5.74, 6) is 2.58. The van der Waals surface area contributed by atoms with Crippen LogP contribution in [0.1, 0.15) is 49.0 Å². The molecule has 2 N–H and O–H groups in total. The van der Waals surface area contributed by atoms with Crippen LogP contribution in [0.25, 0.3) is 0 Å². The van der Waals surface area contributed by atoms with Crippen molar-refractivity contribution < 1.29 is 9.26 Å². The SMILES string of the molecule is CC(N)c1cccc(OCc2noc(C3CC3)n2)c1. The fourth-order valence-corrected chi connectivity index (χ4v) is 1.86. The second-order valence-electron chi connectivity index (χ2n) is 4.97. The van der Waals surface area contributed by atoms with E-state index in [2.05, 4.69) is 10.1 Å². The minimum absolute atomic E-state index is 0.00445. The van der Waals surface area contributed by atoms with Crippen LogP contribution < -0.4 is 10.5 Å². The molecule has 2 aromatic rings. The molecule has 5 nitrogen and oxygen atoms in total. The van der Waals surface area contributed by atoms with Crippen molar-refractivity contribution in [2.45, 2.75) is 38.3 Å². The second kappa shape index (κ2) is 5.01. The molecule has 1 unspecified atom stereocenters. The number of hydrogen-bond acceptors (Lipinski definition) is 5. The molecule has 0 saturated heterocycles. The highest BCUT2D eigenvalue weighted by atomic mass is 16.5. The molecule has 19 heavy (non-hydrogen) atoms. The first-order valence-electron chi connectivity index (χ1n) is 6.53. The van der Waals surface area contributed by atoms with Crippen molar-refractivity contribution in [3.8, 4) is 5.75 Å². The van der Waals surface area contributed by atoms with E-state index in [4.69, 9.17) is 15.0 Å². The number of benzene rings is 1. The lowest BCUT2D eigenvalue weighted by atomic mass is 10.1. The molecule has 0 amide bonds. The van der Waals surface area contributed by atoms with Crippen molar-refractivity contribution in [3.63, 3.8) is 0 Å². The summed E-state index contributed by atoms with van der Waals surface area (Å²) in [6, 6.07) is 7.74. The minimum Gasteiger partial charge on any atom is -0.485 e.